The largest absolute Gasteiger partial charge is 0.358 e. The molecule has 3 aromatic heterocycles. The second-order valence-corrected chi connectivity index (χ2v) is 7.27. The summed E-state index contributed by atoms with van der Waals surface area (Å²) in [5.41, 5.74) is -0.265. The van der Waals surface area contributed by atoms with Gasteiger partial charge in [0.1, 0.15) is 40.8 Å². The number of rotatable bonds is 5. The second-order valence-electron chi connectivity index (χ2n) is 7.27. The van der Waals surface area contributed by atoms with Crippen molar-refractivity contribution in [1.29, 1.82) is 0 Å². The molecule has 3 heterocycles. The lowest BCUT2D eigenvalue weighted by Crippen LogP contribution is -2.29. The molecule has 0 aliphatic rings. The lowest BCUT2D eigenvalue weighted by atomic mass is 10.1. The number of para-hydroxylation sites is 1. The Morgan fingerprint density at radius 1 is 1.09 bits per heavy atom. The normalized spacial score (nSPS) is 12.4. The molecule has 33 heavy (non-hydrogen) atoms. The van der Waals surface area contributed by atoms with E-state index in [0.29, 0.717) is 23.4 Å². The maximum absolute atomic E-state index is 14.8. The van der Waals surface area contributed by atoms with Crippen LogP contribution in [-0.2, 0) is 0 Å². The van der Waals surface area contributed by atoms with Gasteiger partial charge in [0.2, 0.25) is 0 Å². The van der Waals surface area contributed by atoms with Crippen molar-refractivity contribution in [2.24, 2.45) is 0 Å². The molecule has 0 fully saturated rings. The summed E-state index contributed by atoms with van der Waals surface area (Å²) in [6, 6.07) is 6.07. The predicted molar refractivity (Wildman–Crippen MR) is 116 cm³/mol. The lowest BCUT2D eigenvalue weighted by molar-refractivity contribution is 0.553. The van der Waals surface area contributed by atoms with Crippen molar-refractivity contribution >= 4 is 27.9 Å². The summed E-state index contributed by atoms with van der Waals surface area (Å²) >= 11 is 0. The van der Waals surface area contributed by atoms with Crippen LogP contribution in [0.1, 0.15) is 25.2 Å². The van der Waals surface area contributed by atoms with Gasteiger partial charge >= 0.3 is 0 Å². The van der Waals surface area contributed by atoms with Crippen LogP contribution in [0.25, 0.3) is 27.8 Å². The Bertz CT molecular complexity index is 1540. The number of imidazole rings is 1. The zero-order valence-electron chi connectivity index (χ0n) is 17.2. The van der Waals surface area contributed by atoms with Gasteiger partial charge in [-0.1, -0.05) is 13.0 Å². The van der Waals surface area contributed by atoms with Crippen molar-refractivity contribution in [2.75, 3.05) is 5.32 Å². The summed E-state index contributed by atoms with van der Waals surface area (Å²) in [4.78, 5) is 33.3. The van der Waals surface area contributed by atoms with Gasteiger partial charge in [-0.05, 0) is 36.8 Å². The maximum atomic E-state index is 14.8. The highest BCUT2D eigenvalue weighted by Crippen LogP contribution is 2.27. The Kier molecular flexibility index (Phi) is 5.00. The minimum atomic E-state index is -0.956. The molecule has 5 rings (SSSR count). The van der Waals surface area contributed by atoms with E-state index in [2.05, 4.69) is 30.2 Å². The smallest absolute Gasteiger partial charge is 0.266 e. The first-order valence-electron chi connectivity index (χ1n) is 10.0. The first kappa shape index (κ1) is 20.6. The van der Waals surface area contributed by atoms with Crippen LogP contribution in [0.5, 0.6) is 0 Å². The van der Waals surface area contributed by atoms with E-state index in [0.717, 1.165) is 22.8 Å². The molecular formula is C22H16F3N7O. The van der Waals surface area contributed by atoms with E-state index in [1.165, 1.54) is 30.9 Å². The number of hydrogen-bond donors (Lipinski definition) is 2. The van der Waals surface area contributed by atoms with Crippen molar-refractivity contribution in [3.8, 4) is 5.69 Å². The molecule has 5 aromatic rings. The number of hydrogen-bond acceptors (Lipinski definition) is 6. The molecule has 0 spiro atoms. The Hall–Kier alpha value is -4.28. The maximum Gasteiger partial charge on any atom is 0.266 e. The van der Waals surface area contributed by atoms with Gasteiger partial charge in [-0.3, -0.25) is 9.36 Å². The molecule has 0 aliphatic carbocycles. The van der Waals surface area contributed by atoms with Gasteiger partial charge in [0, 0.05) is 0 Å². The van der Waals surface area contributed by atoms with Crippen LogP contribution in [0.3, 0.4) is 0 Å². The van der Waals surface area contributed by atoms with Crippen LogP contribution in [0, 0.1) is 17.5 Å². The summed E-state index contributed by atoms with van der Waals surface area (Å²) in [7, 11) is 0. The molecule has 1 atom stereocenters. The van der Waals surface area contributed by atoms with Gasteiger partial charge in [-0.25, -0.2) is 33.1 Å². The third-order valence-corrected chi connectivity index (χ3v) is 5.27. The number of fused-ring (bicyclic) bond motifs is 2. The summed E-state index contributed by atoms with van der Waals surface area (Å²) in [6.45, 7) is 1.81. The zero-order chi connectivity index (χ0) is 23.1. The highest BCUT2D eigenvalue weighted by molar-refractivity contribution is 5.82. The SMILES string of the molecule is CC[C@H](Nc1ncnc2[nH]cnc12)c1nc2ccc(F)cc2c(=O)n1-c1c(F)cccc1F. The van der Waals surface area contributed by atoms with E-state index in [1.54, 1.807) is 0 Å². The average Bonchev–Trinajstić information content (AvgIpc) is 3.29. The van der Waals surface area contributed by atoms with E-state index in [-0.39, 0.29) is 16.7 Å². The van der Waals surface area contributed by atoms with Crippen LogP contribution in [0.4, 0.5) is 19.0 Å². The zero-order valence-corrected chi connectivity index (χ0v) is 17.2. The number of halogens is 3. The van der Waals surface area contributed by atoms with Crippen LogP contribution in [-0.4, -0.2) is 29.5 Å². The second kappa shape index (κ2) is 8.01. The highest BCUT2D eigenvalue weighted by atomic mass is 19.1. The monoisotopic (exact) mass is 451 g/mol. The molecule has 0 saturated carbocycles. The summed E-state index contributed by atoms with van der Waals surface area (Å²) < 4.78 is 44.3. The van der Waals surface area contributed by atoms with E-state index in [1.807, 2.05) is 6.92 Å². The molecule has 8 nitrogen and oxygen atoms in total. The molecule has 2 aromatic carbocycles. The fourth-order valence-corrected chi connectivity index (χ4v) is 3.71. The molecule has 0 unspecified atom stereocenters. The van der Waals surface area contributed by atoms with E-state index < -0.39 is 34.7 Å². The average molecular weight is 451 g/mol. The van der Waals surface area contributed by atoms with Gasteiger partial charge < -0.3 is 10.3 Å². The summed E-state index contributed by atoms with van der Waals surface area (Å²) in [5.74, 6) is -2.19. The molecule has 0 radical (unpaired) electrons. The van der Waals surface area contributed by atoms with Gasteiger partial charge in [-0.2, -0.15) is 0 Å². The van der Waals surface area contributed by atoms with Crippen molar-refractivity contribution in [3.05, 3.63) is 82.7 Å². The molecular weight excluding hydrogens is 435 g/mol. The Morgan fingerprint density at radius 2 is 1.88 bits per heavy atom. The highest BCUT2D eigenvalue weighted by Gasteiger charge is 2.25. The fraction of sp³-hybridized carbons (Fsp3) is 0.136. The van der Waals surface area contributed by atoms with E-state index >= 15 is 0 Å². The Labute approximate surface area is 184 Å². The van der Waals surface area contributed by atoms with Gasteiger partial charge in [-0.15, -0.1) is 0 Å². The van der Waals surface area contributed by atoms with Crippen LogP contribution in [0.2, 0.25) is 0 Å². The number of H-pyrrole nitrogens is 1. The minimum Gasteiger partial charge on any atom is -0.358 e. The minimum absolute atomic E-state index is 0.0351. The topological polar surface area (TPSA) is 101 Å². The van der Waals surface area contributed by atoms with Crippen molar-refractivity contribution < 1.29 is 13.2 Å². The predicted octanol–water partition coefficient (Wildman–Crippen LogP) is 4.03. The molecule has 0 aliphatic heterocycles. The third kappa shape index (κ3) is 3.47. The lowest BCUT2D eigenvalue weighted by Gasteiger charge is -2.22. The van der Waals surface area contributed by atoms with Crippen molar-refractivity contribution in [2.45, 2.75) is 19.4 Å². The van der Waals surface area contributed by atoms with Crippen molar-refractivity contribution in [1.82, 2.24) is 29.5 Å². The third-order valence-electron chi connectivity index (χ3n) is 5.27. The molecule has 0 saturated heterocycles. The van der Waals surface area contributed by atoms with Gasteiger partial charge in [0.15, 0.2) is 11.5 Å². The van der Waals surface area contributed by atoms with E-state index in [9.17, 15) is 18.0 Å². The molecule has 0 bridgehead atoms. The van der Waals surface area contributed by atoms with Gasteiger partial charge in [0.05, 0.1) is 23.3 Å². The number of aromatic nitrogens is 6. The standard InChI is InChI=1S/C22H16F3N7O/c1-2-15(30-20-17-19(27-9-26-17)28-10-29-20)21-31-16-7-6-11(23)8-12(16)22(33)32(21)18-13(24)4-3-5-14(18)25/h3-10,15H,2H2,1H3,(H2,26,27,28,29,30)/t15-/m0/s1. The first-order chi connectivity index (χ1) is 16.0. The quantitative estimate of drug-likeness (QED) is 0.418. The summed E-state index contributed by atoms with van der Waals surface area (Å²) in [6.07, 6.45) is 3.15. The Balaban J connectivity index is 1.78. The molecule has 11 heteroatoms. The number of anilines is 1. The Morgan fingerprint density at radius 3 is 2.64 bits per heavy atom. The van der Waals surface area contributed by atoms with Gasteiger partial charge in [0.25, 0.3) is 5.56 Å². The van der Waals surface area contributed by atoms with Crippen molar-refractivity contribution in [3.63, 3.8) is 0 Å². The first-order valence-corrected chi connectivity index (χ1v) is 10.0. The number of nitrogens with one attached hydrogen (secondary N) is 2. The van der Waals surface area contributed by atoms with Crippen LogP contribution in [0.15, 0.2) is 53.8 Å². The summed E-state index contributed by atoms with van der Waals surface area (Å²) in [5, 5.41) is 3.05. The number of aromatic amines is 1. The molecule has 2 N–H and O–H groups in total. The fourth-order valence-electron chi connectivity index (χ4n) is 3.71. The van der Waals surface area contributed by atoms with Crippen LogP contribution < -0.4 is 10.9 Å². The molecule has 0 amide bonds. The number of nitrogens with zero attached hydrogens (tertiary/aromatic N) is 5. The molecule has 166 valence electrons. The number of benzene rings is 2. The van der Waals surface area contributed by atoms with E-state index in [4.69, 9.17) is 0 Å². The van der Waals surface area contributed by atoms with Crippen LogP contribution >= 0.6 is 0 Å².